The van der Waals surface area contributed by atoms with E-state index in [9.17, 15) is 13.2 Å². The molecule has 106 valence electrons. The Morgan fingerprint density at radius 2 is 1.80 bits per heavy atom. The highest BCUT2D eigenvalue weighted by molar-refractivity contribution is 9.10. The molecule has 2 N–H and O–H groups in total. The molecule has 0 aliphatic rings. The monoisotopic (exact) mass is 363 g/mol. The Kier molecular flexibility index (Phi) is 4.73. The number of hydrogen-bond donors (Lipinski definition) is 1. The fourth-order valence-corrected chi connectivity index (χ4v) is 2.45. The average molecular weight is 365 g/mol. The van der Waals surface area contributed by atoms with Gasteiger partial charge in [-0.3, -0.25) is 0 Å². The summed E-state index contributed by atoms with van der Waals surface area (Å²) in [5.41, 5.74) is 6.45. The molecule has 1 unspecified atom stereocenters. The summed E-state index contributed by atoms with van der Waals surface area (Å²) >= 11 is 8.59. The first kappa shape index (κ1) is 15.4. The van der Waals surface area contributed by atoms with E-state index in [0.717, 1.165) is 12.1 Å². The Morgan fingerprint density at radius 1 is 1.10 bits per heavy atom. The quantitative estimate of drug-likeness (QED) is 0.781. The largest absolute Gasteiger partial charge is 0.324 e. The van der Waals surface area contributed by atoms with Crippen LogP contribution in [-0.4, -0.2) is 0 Å². The van der Waals surface area contributed by atoms with Gasteiger partial charge in [0.2, 0.25) is 0 Å². The van der Waals surface area contributed by atoms with Gasteiger partial charge in [-0.05, 0) is 46.1 Å². The van der Waals surface area contributed by atoms with Gasteiger partial charge < -0.3 is 5.73 Å². The molecule has 1 nitrogen and oxygen atoms in total. The van der Waals surface area contributed by atoms with E-state index in [1.165, 1.54) is 12.1 Å². The van der Waals surface area contributed by atoms with Crippen LogP contribution in [0.15, 0.2) is 34.8 Å². The lowest BCUT2D eigenvalue weighted by Gasteiger charge is -2.15. The molecule has 0 aliphatic carbocycles. The van der Waals surface area contributed by atoms with E-state index in [0.29, 0.717) is 5.56 Å². The van der Waals surface area contributed by atoms with Crippen molar-refractivity contribution in [2.45, 2.75) is 12.5 Å². The van der Waals surface area contributed by atoms with Crippen LogP contribution in [0.4, 0.5) is 13.2 Å². The van der Waals surface area contributed by atoms with Crippen LogP contribution in [0.3, 0.4) is 0 Å². The molecular weight excluding hydrogens is 355 g/mol. The van der Waals surface area contributed by atoms with Crippen molar-refractivity contribution in [3.63, 3.8) is 0 Å². The number of hydrogen-bond acceptors (Lipinski definition) is 1. The van der Waals surface area contributed by atoms with Crippen molar-refractivity contribution in [2.24, 2.45) is 5.73 Å². The zero-order chi connectivity index (χ0) is 14.9. The van der Waals surface area contributed by atoms with E-state index in [-0.39, 0.29) is 21.5 Å². The van der Waals surface area contributed by atoms with Crippen molar-refractivity contribution < 1.29 is 13.2 Å². The van der Waals surface area contributed by atoms with E-state index in [2.05, 4.69) is 15.9 Å². The first-order valence-corrected chi connectivity index (χ1v) is 6.90. The van der Waals surface area contributed by atoms with Gasteiger partial charge in [-0.25, -0.2) is 13.2 Å². The molecule has 0 aromatic heterocycles. The minimum atomic E-state index is -0.806. The van der Waals surface area contributed by atoms with Crippen LogP contribution >= 0.6 is 27.5 Å². The zero-order valence-corrected chi connectivity index (χ0v) is 12.5. The van der Waals surface area contributed by atoms with Gasteiger partial charge in [0, 0.05) is 11.6 Å². The normalized spacial score (nSPS) is 12.5. The molecule has 20 heavy (non-hydrogen) atoms. The molecule has 0 radical (unpaired) electrons. The second-order valence-corrected chi connectivity index (χ2v) is 5.51. The molecule has 6 heteroatoms. The van der Waals surface area contributed by atoms with E-state index >= 15 is 0 Å². The predicted octanol–water partition coefficient (Wildman–Crippen LogP) is 4.76. The predicted molar refractivity (Wildman–Crippen MR) is 76.1 cm³/mol. The molecule has 0 spiro atoms. The van der Waals surface area contributed by atoms with Crippen LogP contribution in [0.5, 0.6) is 0 Å². The minimum Gasteiger partial charge on any atom is -0.324 e. The summed E-state index contributed by atoms with van der Waals surface area (Å²) in [6.45, 7) is 0. The number of halogens is 5. The van der Waals surface area contributed by atoms with Gasteiger partial charge in [-0.2, -0.15) is 0 Å². The summed E-state index contributed by atoms with van der Waals surface area (Å²) in [4.78, 5) is 0. The fourth-order valence-electron chi connectivity index (χ4n) is 1.88. The minimum absolute atomic E-state index is 0.00283. The van der Waals surface area contributed by atoms with Crippen LogP contribution in [0, 0.1) is 17.5 Å². The smallest absolute Gasteiger partial charge is 0.142 e. The highest BCUT2D eigenvalue weighted by Crippen LogP contribution is 2.28. The van der Waals surface area contributed by atoms with E-state index in [4.69, 9.17) is 17.3 Å². The van der Waals surface area contributed by atoms with Crippen molar-refractivity contribution in [3.05, 3.63) is 68.4 Å². The Bertz CT molecular complexity index is 649. The SMILES string of the molecule is NC(Cc1cccc(F)c1Br)c1cc(F)c(Cl)cc1F. The molecule has 0 fully saturated rings. The van der Waals surface area contributed by atoms with Crippen molar-refractivity contribution in [1.82, 2.24) is 0 Å². The summed E-state index contributed by atoms with van der Waals surface area (Å²) in [6, 6.07) is 5.53. The second-order valence-electron chi connectivity index (χ2n) is 4.31. The van der Waals surface area contributed by atoms with Gasteiger partial charge in [-0.15, -0.1) is 0 Å². The third-order valence-corrected chi connectivity index (χ3v) is 4.09. The highest BCUT2D eigenvalue weighted by atomic mass is 79.9. The van der Waals surface area contributed by atoms with Gasteiger partial charge in [-0.1, -0.05) is 23.7 Å². The van der Waals surface area contributed by atoms with Crippen molar-refractivity contribution in [1.29, 1.82) is 0 Å². The first-order chi connectivity index (χ1) is 9.40. The molecular formula is C14H10BrClF3N. The van der Waals surface area contributed by atoms with E-state index in [1.54, 1.807) is 6.07 Å². The molecule has 1 atom stereocenters. The number of nitrogens with two attached hydrogens (primary N) is 1. The molecule has 2 aromatic carbocycles. The Hall–Kier alpha value is -1.04. The lowest BCUT2D eigenvalue weighted by Crippen LogP contribution is -2.16. The van der Waals surface area contributed by atoms with Gasteiger partial charge in [0.05, 0.1) is 9.50 Å². The zero-order valence-electron chi connectivity index (χ0n) is 10.1. The number of rotatable bonds is 3. The molecule has 0 heterocycles. The standard InChI is InChI=1S/C14H10BrClF3N/c15-14-7(2-1-3-10(14)17)4-13(20)8-5-12(19)9(16)6-11(8)18/h1-3,5-6,13H,4,20H2. The molecule has 2 rings (SSSR count). The van der Waals surface area contributed by atoms with Crippen LogP contribution in [0.2, 0.25) is 5.02 Å². The maximum atomic E-state index is 13.7. The molecule has 0 bridgehead atoms. The Balaban J connectivity index is 2.31. The fraction of sp³-hybridized carbons (Fsp3) is 0.143. The third kappa shape index (κ3) is 3.16. The maximum absolute atomic E-state index is 13.7. The molecule has 0 saturated carbocycles. The molecule has 0 saturated heterocycles. The van der Waals surface area contributed by atoms with Crippen molar-refractivity contribution in [3.8, 4) is 0 Å². The van der Waals surface area contributed by atoms with E-state index in [1.807, 2.05) is 0 Å². The van der Waals surface area contributed by atoms with Gasteiger partial charge in [0.1, 0.15) is 17.5 Å². The first-order valence-electron chi connectivity index (χ1n) is 5.73. The van der Waals surface area contributed by atoms with Crippen LogP contribution in [0.1, 0.15) is 17.2 Å². The summed E-state index contributed by atoms with van der Waals surface area (Å²) in [5, 5.41) is -0.301. The molecule has 0 amide bonds. The van der Waals surface area contributed by atoms with Crippen LogP contribution in [-0.2, 0) is 6.42 Å². The van der Waals surface area contributed by atoms with E-state index < -0.39 is 23.5 Å². The maximum Gasteiger partial charge on any atom is 0.142 e. The van der Waals surface area contributed by atoms with Crippen molar-refractivity contribution >= 4 is 27.5 Å². The van der Waals surface area contributed by atoms with Gasteiger partial charge in [0.25, 0.3) is 0 Å². The average Bonchev–Trinajstić information content (AvgIpc) is 2.39. The Morgan fingerprint density at radius 3 is 2.50 bits per heavy atom. The van der Waals surface area contributed by atoms with Gasteiger partial charge >= 0.3 is 0 Å². The van der Waals surface area contributed by atoms with Crippen LogP contribution in [0.25, 0.3) is 0 Å². The lowest BCUT2D eigenvalue weighted by molar-refractivity contribution is 0.559. The Labute approximate surface area is 127 Å². The molecule has 2 aromatic rings. The summed E-state index contributed by atoms with van der Waals surface area (Å²) in [7, 11) is 0. The van der Waals surface area contributed by atoms with Gasteiger partial charge in [0.15, 0.2) is 0 Å². The van der Waals surface area contributed by atoms with Crippen LogP contribution < -0.4 is 5.73 Å². The topological polar surface area (TPSA) is 26.0 Å². The highest BCUT2D eigenvalue weighted by Gasteiger charge is 2.17. The second kappa shape index (κ2) is 6.16. The summed E-state index contributed by atoms with van der Waals surface area (Å²) in [6.07, 6.45) is 0.163. The van der Waals surface area contributed by atoms with Crippen molar-refractivity contribution in [2.75, 3.05) is 0 Å². The summed E-state index contributed by atoms with van der Waals surface area (Å²) in [5.74, 6) is -1.86. The molecule has 0 aliphatic heterocycles. The summed E-state index contributed by atoms with van der Waals surface area (Å²) < 4.78 is 40.8. The lowest BCUT2D eigenvalue weighted by atomic mass is 9.99. The number of benzene rings is 2. The third-order valence-electron chi connectivity index (χ3n) is 2.91.